The van der Waals surface area contributed by atoms with Gasteiger partial charge in [0.25, 0.3) is 0 Å². The van der Waals surface area contributed by atoms with Crippen LogP contribution in [0.5, 0.6) is 5.75 Å². The van der Waals surface area contributed by atoms with E-state index in [1.54, 1.807) is 36.3 Å². The van der Waals surface area contributed by atoms with Crippen LogP contribution in [0.15, 0.2) is 78.9 Å². The van der Waals surface area contributed by atoms with Gasteiger partial charge in [0.1, 0.15) is 5.75 Å². The summed E-state index contributed by atoms with van der Waals surface area (Å²) in [5.74, 6) is 7.05. The Bertz CT molecular complexity index is 1170. The second-order valence-electron chi connectivity index (χ2n) is 7.98. The predicted octanol–water partition coefficient (Wildman–Crippen LogP) is 5.22. The van der Waals surface area contributed by atoms with Crippen molar-refractivity contribution < 1.29 is 14.3 Å². The Morgan fingerprint density at radius 3 is 2.24 bits per heavy atom. The summed E-state index contributed by atoms with van der Waals surface area (Å²) in [6, 6.07) is 24.3. The van der Waals surface area contributed by atoms with E-state index in [1.807, 2.05) is 54.6 Å². The number of amides is 2. The molecule has 0 spiro atoms. The van der Waals surface area contributed by atoms with Crippen LogP contribution >= 0.6 is 0 Å². The molecule has 5 nitrogen and oxygen atoms in total. The minimum atomic E-state index is -0.154. The topological polar surface area (TPSA) is 58.6 Å². The molecule has 0 bridgehead atoms. The number of carbonyl (C=O) groups excluding carboxylic acids is 2. The molecule has 2 amide bonds. The van der Waals surface area contributed by atoms with Crippen molar-refractivity contribution in [1.29, 1.82) is 0 Å². The van der Waals surface area contributed by atoms with E-state index in [0.717, 1.165) is 16.9 Å². The second kappa shape index (κ2) is 10.5. The van der Waals surface area contributed by atoms with Crippen LogP contribution in [0.1, 0.15) is 34.3 Å². The van der Waals surface area contributed by atoms with E-state index in [4.69, 9.17) is 4.74 Å². The first-order valence-electron chi connectivity index (χ1n) is 11.0. The first-order chi connectivity index (χ1) is 16.1. The van der Waals surface area contributed by atoms with E-state index in [1.165, 1.54) is 0 Å². The number of Topliss-reactive ketones (excluding diaryl/α,β-unsaturated/α-hetero) is 1. The van der Waals surface area contributed by atoms with Gasteiger partial charge in [-0.05, 0) is 67.4 Å². The third-order valence-electron chi connectivity index (χ3n) is 5.77. The highest BCUT2D eigenvalue weighted by molar-refractivity contribution is 5.98. The molecule has 0 aromatic heterocycles. The summed E-state index contributed by atoms with van der Waals surface area (Å²) in [5.41, 5.74) is 3.17. The molecule has 1 heterocycles. The van der Waals surface area contributed by atoms with Crippen molar-refractivity contribution in [3.63, 3.8) is 0 Å². The molecule has 1 fully saturated rings. The number of anilines is 1. The van der Waals surface area contributed by atoms with E-state index in [-0.39, 0.29) is 17.7 Å². The summed E-state index contributed by atoms with van der Waals surface area (Å²) in [7, 11) is 1.60. The van der Waals surface area contributed by atoms with Gasteiger partial charge in [-0.15, -0.1) is 0 Å². The zero-order valence-electron chi connectivity index (χ0n) is 18.6. The summed E-state index contributed by atoms with van der Waals surface area (Å²) in [6.45, 7) is 1.10. The molecule has 166 valence electrons. The lowest BCUT2D eigenvalue weighted by Gasteiger charge is -2.31. The van der Waals surface area contributed by atoms with E-state index in [2.05, 4.69) is 17.2 Å². The van der Waals surface area contributed by atoms with Gasteiger partial charge in [-0.25, -0.2) is 4.79 Å². The first kappa shape index (κ1) is 22.2. The molecule has 3 aromatic carbocycles. The third kappa shape index (κ3) is 5.81. The maximum absolute atomic E-state index is 12.8. The molecule has 0 aliphatic carbocycles. The minimum Gasteiger partial charge on any atom is -0.497 e. The molecule has 5 heteroatoms. The van der Waals surface area contributed by atoms with Gasteiger partial charge in [0, 0.05) is 41.4 Å². The number of nitrogens with one attached hydrogen (secondary N) is 1. The average molecular weight is 439 g/mol. The largest absolute Gasteiger partial charge is 0.497 e. The number of hydrogen-bond acceptors (Lipinski definition) is 3. The van der Waals surface area contributed by atoms with Gasteiger partial charge < -0.3 is 15.0 Å². The zero-order valence-corrected chi connectivity index (χ0v) is 18.6. The summed E-state index contributed by atoms with van der Waals surface area (Å²) < 4.78 is 5.15. The van der Waals surface area contributed by atoms with Crippen LogP contribution < -0.4 is 10.1 Å². The molecule has 0 atom stereocenters. The number of piperidine rings is 1. The Balaban J connectivity index is 1.32. The second-order valence-corrected chi connectivity index (χ2v) is 7.98. The monoisotopic (exact) mass is 438 g/mol. The van der Waals surface area contributed by atoms with Crippen molar-refractivity contribution in [3.8, 4) is 17.6 Å². The SMILES string of the molecule is COc1ccc(C(=O)C2CCN(C(=O)Nc3cccc(C#Cc4ccccc4)c3)CC2)cc1. The highest BCUT2D eigenvalue weighted by atomic mass is 16.5. The van der Waals surface area contributed by atoms with Gasteiger partial charge in [0.05, 0.1) is 7.11 Å². The predicted molar refractivity (Wildman–Crippen MR) is 130 cm³/mol. The Morgan fingerprint density at radius 1 is 0.879 bits per heavy atom. The van der Waals surface area contributed by atoms with E-state index in [9.17, 15) is 9.59 Å². The number of rotatable bonds is 4. The standard InChI is InChI=1S/C28H26N2O3/c1-33-26-14-12-23(13-15-26)27(31)24-16-18-30(19-17-24)28(32)29-25-9-5-8-22(20-25)11-10-21-6-3-2-4-7-21/h2-9,12-15,20,24H,16-19H2,1H3,(H,29,32). The van der Waals surface area contributed by atoms with Crippen LogP contribution in [0.2, 0.25) is 0 Å². The van der Waals surface area contributed by atoms with Gasteiger partial charge in [0.15, 0.2) is 5.78 Å². The number of hydrogen-bond donors (Lipinski definition) is 1. The molecule has 0 unspecified atom stereocenters. The van der Waals surface area contributed by atoms with E-state index >= 15 is 0 Å². The van der Waals surface area contributed by atoms with Crippen molar-refractivity contribution in [2.24, 2.45) is 5.92 Å². The molecule has 0 saturated carbocycles. The maximum Gasteiger partial charge on any atom is 0.321 e. The number of nitrogens with zero attached hydrogens (tertiary/aromatic N) is 1. The molecule has 1 aliphatic rings. The van der Waals surface area contributed by atoms with Crippen LogP contribution in [0.3, 0.4) is 0 Å². The number of ether oxygens (including phenoxy) is 1. The molecule has 0 radical (unpaired) electrons. The molecule has 1 N–H and O–H groups in total. The van der Waals surface area contributed by atoms with Crippen LogP contribution in [0, 0.1) is 17.8 Å². The van der Waals surface area contributed by atoms with Crippen LogP contribution in [-0.4, -0.2) is 36.9 Å². The molecule has 33 heavy (non-hydrogen) atoms. The summed E-state index contributed by atoms with van der Waals surface area (Å²) in [5, 5.41) is 2.96. The van der Waals surface area contributed by atoms with Gasteiger partial charge in [-0.3, -0.25) is 4.79 Å². The fourth-order valence-corrected chi connectivity index (χ4v) is 3.88. The fourth-order valence-electron chi connectivity index (χ4n) is 3.88. The van der Waals surface area contributed by atoms with Gasteiger partial charge in [-0.1, -0.05) is 36.1 Å². The van der Waals surface area contributed by atoms with Crippen LogP contribution in [0.4, 0.5) is 10.5 Å². The molecule has 4 rings (SSSR count). The normalized spacial score (nSPS) is 13.5. The summed E-state index contributed by atoms with van der Waals surface area (Å²) >= 11 is 0. The maximum atomic E-state index is 12.8. The lowest BCUT2D eigenvalue weighted by Crippen LogP contribution is -2.42. The van der Waals surface area contributed by atoms with Gasteiger partial charge in [0.2, 0.25) is 0 Å². The lowest BCUT2D eigenvalue weighted by molar-refractivity contribution is 0.0859. The van der Waals surface area contributed by atoms with Crippen molar-refractivity contribution >= 4 is 17.5 Å². The smallest absolute Gasteiger partial charge is 0.321 e. The third-order valence-corrected chi connectivity index (χ3v) is 5.77. The van der Waals surface area contributed by atoms with Gasteiger partial charge in [-0.2, -0.15) is 0 Å². The number of carbonyl (C=O) groups is 2. The molecule has 3 aromatic rings. The zero-order chi connectivity index (χ0) is 23.0. The molecule has 1 saturated heterocycles. The minimum absolute atomic E-state index is 0.0703. The van der Waals surface area contributed by atoms with Crippen LogP contribution in [0.25, 0.3) is 0 Å². The number of ketones is 1. The average Bonchev–Trinajstić information content (AvgIpc) is 2.88. The van der Waals surface area contributed by atoms with Crippen molar-refractivity contribution in [2.45, 2.75) is 12.8 Å². The number of urea groups is 1. The number of benzene rings is 3. The van der Waals surface area contributed by atoms with Crippen molar-refractivity contribution in [3.05, 3.63) is 95.6 Å². The lowest BCUT2D eigenvalue weighted by atomic mass is 9.89. The Kier molecular flexibility index (Phi) is 7.06. The molecular formula is C28H26N2O3. The first-order valence-corrected chi connectivity index (χ1v) is 11.0. The summed E-state index contributed by atoms with van der Waals surface area (Å²) in [6.07, 6.45) is 1.31. The molecular weight excluding hydrogens is 412 g/mol. The van der Waals surface area contributed by atoms with Crippen molar-refractivity contribution in [2.75, 3.05) is 25.5 Å². The molecule has 1 aliphatic heterocycles. The fraction of sp³-hybridized carbons (Fsp3) is 0.214. The highest BCUT2D eigenvalue weighted by Gasteiger charge is 2.28. The van der Waals surface area contributed by atoms with E-state index < -0.39 is 0 Å². The van der Waals surface area contributed by atoms with Crippen LogP contribution in [-0.2, 0) is 0 Å². The summed E-state index contributed by atoms with van der Waals surface area (Å²) in [4.78, 5) is 27.3. The van der Waals surface area contributed by atoms with Crippen molar-refractivity contribution in [1.82, 2.24) is 4.90 Å². The Hall–Kier alpha value is -4.04. The highest BCUT2D eigenvalue weighted by Crippen LogP contribution is 2.24. The Labute approximate surface area is 194 Å². The number of likely N-dealkylation sites (tertiary alicyclic amines) is 1. The Morgan fingerprint density at radius 2 is 1.55 bits per heavy atom. The quantitative estimate of drug-likeness (QED) is 0.449. The number of methoxy groups -OCH3 is 1. The van der Waals surface area contributed by atoms with Gasteiger partial charge >= 0.3 is 6.03 Å². The van der Waals surface area contributed by atoms with E-state index in [0.29, 0.717) is 37.2 Å².